The van der Waals surface area contributed by atoms with E-state index in [0.29, 0.717) is 13.0 Å². The van der Waals surface area contributed by atoms with Gasteiger partial charge in [0.05, 0.1) is 5.41 Å². The fourth-order valence-electron chi connectivity index (χ4n) is 4.10. The number of hydrogen-bond donors (Lipinski definition) is 1. The largest absolute Gasteiger partial charge is 0.417 e. The molecular weight excluding hydrogens is 343 g/mol. The van der Waals surface area contributed by atoms with Crippen LogP contribution in [0, 0.1) is 5.41 Å². The first-order chi connectivity index (χ1) is 11.9. The predicted octanol–water partition coefficient (Wildman–Crippen LogP) is 4.57. The summed E-state index contributed by atoms with van der Waals surface area (Å²) in [5.41, 5.74) is -1.45. The van der Waals surface area contributed by atoms with E-state index in [4.69, 9.17) is 0 Å². The lowest BCUT2D eigenvalue weighted by atomic mass is 9.67. The van der Waals surface area contributed by atoms with Gasteiger partial charge in [-0.3, -0.25) is 4.79 Å². The van der Waals surface area contributed by atoms with Crippen molar-refractivity contribution in [3.63, 3.8) is 0 Å². The lowest BCUT2D eigenvalue weighted by Crippen LogP contribution is -2.51. The molecule has 1 aliphatic carbocycles. The second-order valence-electron chi connectivity index (χ2n) is 8.81. The van der Waals surface area contributed by atoms with Crippen LogP contribution in [0.3, 0.4) is 0 Å². The minimum Gasteiger partial charge on any atom is -0.380 e. The van der Waals surface area contributed by atoms with Crippen molar-refractivity contribution in [2.24, 2.45) is 5.41 Å². The molecular formula is C20H26F3NO2. The first-order valence-electron chi connectivity index (χ1n) is 9.10. The van der Waals surface area contributed by atoms with E-state index in [1.165, 1.54) is 0 Å². The molecule has 1 aromatic rings. The number of aliphatic hydroxyl groups is 1. The zero-order valence-corrected chi connectivity index (χ0v) is 15.5. The molecule has 26 heavy (non-hydrogen) atoms. The van der Waals surface area contributed by atoms with Gasteiger partial charge in [0.15, 0.2) is 5.60 Å². The number of amides is 1. The summed E-state index contributed by atoms with van der Waals surface area (Å²) in [6.07, 6.45) is -4.74. The Hall–Kier alpha value is -1.56. The Morgan fingerprint density at radius 2 is 1.50 bits per heavy atom. The van der Waals surface area contributed by atoms with Gasteiger partial charge < -0.3 is 10.0 Å². The smallest absolute Gasteiger partial charge is 0.380 e. The molecule has 1 aliphatic heterocycles. The quantitative estimate of drug-likeness (QED) is 0.787. The van der Waals surface area contributed by atoms with Crippen molar-refractivity contribution < 1.29 is 23.1 Å². The number of halogens is 3. The molecule has 1 saturated heterocycles. The molecule has 0 aromatic heterocycles. The fourth-order valence-corrected chi connectivity index (χ4v) is 4.10. The van der Waals surface area contributed by atoms with Gasteiger partial charge in [0.2, 0.25) is 5.91 Å². The highest BCUT2D eigenvalue weighted by atomic mass is 19.4. The molecule has 3 rings (SSSR count). The highest BCUT2D eigenvalue weighted by Crippen LogP contribution is 2.52. The van der Waals surface area contributed by atoms with Crippen LogP contribution in [-0.4, -0.2) is 29.3 Å². The van der Waals surface area contributed by atoms with Gasteiger partial charge in [-0.25, -0.2) is 0 Å². The zero-order chi connectivity index (χ0) is 19.4. The van der Waals surface area contributed by atoms with Crippen molar-refractivity contribution in [1.29, 1.82) is 0 Å². The third kappa shape index (κ3) is 3.13. The highest BCUT2D eigenvalue weighted by Gasteiger charge is 2.60. The average molecular weight is 369 g/mol. The molecule has 1 aromatic carbocycles. The number of carbonyl (C=O) groups excluding carboxylic acids is 1. The van der Waals surface area contributed by atoms with Gasteiger partial charge >= 0.3 is 6.18 Å². The average Bonchev–Trinajstić information content (AvgIpc) is 2.86. The molecule has 1 saturated carbocycles. The normalized spacial score (nSPS) is 30.3. The summed E-state index contributed by atoms with van der Waals surface area (Å²) >= 11 is 0. The molecule has 3 nitrogen and oxygen atoms in total. The van der Waals surface area contributed by atoms with E-state index in [2.05, 4.69) is 20.8 Å². The van der Waals surface area contributed by atoms with E-state index in [1.54, 1.807) is 4.90 Å². The van der Waals surface area contributed by atoms with Crippen LogP contribution in [0.25, 0.3) is 0 Å². The van der Waals surface area contributed by atoms with Crippen LogP contribution in [0.2, 0.25) is 0 Å². The number of anilines is 1. The number of rotatable bonds is 1. The van der Waals surface area contributed by atoms with Gasteiger partial charge in [0.25, 0.3) is 0 Å². The number of carbonyl (C=O) groups is 1. The maximum atomic E-state index is 13.0. The number of alkyl halides is 3. The molecule has 2 aliphatic rings. The first kappa shape index (κ1) is 19.2. The third-order valence-corrected chi connectivity index (χ3v) is 6.12. The lowest BCUT2D eigenvalue weighted by molar-refractivity contribution is -0.274. The molecule has 0 atom stereocenters. The van der Waals surface area contributed by atoms with Gasteiger partial charge in [0.1, 0.15) is 0 Å². The Labute approximate surface area is 152 Å². The van der Waals surface area contributed by atoms with E-state index in [0.717, 1.165) is 11.3 Å². The summed E-state index contributed by atoms with van der Waals surface area (Å²) in [6, 6.07) is 7.81. The first-order valence-corrected chi connectivity index (χ1v) is 9.10. The highest BCUT2D eigenvalue weighted by molar-refractivity contribution is 6.00. The summed E-state index contributed by atoms with van der Waals surface area (Å²) in [5, 5.41) is 9.88. The van der Waals surface area contributed by atoms with E-state index < -0.39 is 30.0 Å². The topological polar surface area (TPSA) is 40.5 Å². The van der Waals surface area contributed by atoms with E-state index in [1.807, 2.05) is 24.3 Å². The van der Waals surface area contributed by atoms with Crippen LogP contribution in [0.1, 0.15) is 58.4 Å². The lowest BCUT2D eigenvalue weighted by Gasteiger charge is -2.41. The summed E-state index contributed by atoms with van der Waals surface area (Å²) in [6.45, 7) is 6.85. The number of hydrogen-bond acceptors (Lipinski definition) is 2. The molecule has 2 fully saturated rings. The predicted molar refractivity (Wildman–Crippen MR) is 94.0 cm³/mol. The molecule has 1 amide bonds. The second-order valence-corrected chi connectivity index (χ2v) is 8.81. The summed E-state index contributed by atoms with van der Waals surface area (Å²) in [5.74, 6) is -0.106. The molecule has 0 radical (unpaired) electrons. The van der Waals surface area contributed by atoms with Gasteiger partial charge in [0, 0.05) is 12.2 Å². The van der Waals surface area contributed by atoms with Gasteiger partial charge in [-0.2, -0.15) is 13.2 Å². The molecule has 1 heterocycles. The fraction of sp³-hybridized carbons (Fsp3) is 0.650. The van der Waals surface area contributed by atoms with Gasteiger partial charge in [-0.05, 0) is 55.2 Å². The Bertz CT molecular complexity index is 680. The van der Waals surface area contributed by atoms with E-state index in [9.17, 15) is 23.1 Å². The van der Waals surface area contributed by atoms with Crippen molar-refractivity contribution in [1.82, 2.24) is 0 Å². The maximum Gasteiger partial charge on any atom is 0.417 e. The Balaban J connectivity index is 1.75. The SMILES string of the molecule is CC(C)(C)c1ccc(N2CCC3(CCC(O)(C(F)(F)F)CC3)C2=O)cc1. The van der Waals surface area contributed by atoms with Crippen molar-refractivity contribution in [3.8, 4) is 0 Å². The minimum absolute atomic E-state index is 0.0141. The van der Waals surface area contributed by atoms with Crippen LogP contribution in [0.4, 0.5) is 18.9 Å². The summed E-state index contributed by atoms with van der Waals surface area (Å²) < 4.78 is 39.1. The van der Waals surface area contributed by atoms with Crippen LogP contribution >= 0.6 is 0 Å². The van der Waals surface area contributed by atoms with Crippen molar-refractivity contribution in [3.05, 3.63) is 29.8 Å². The van der Waals surface area contributed by atoms with E-state index in [-0.39, 0.29) is 24.2 Å². The Morgan fingerprint density at radius 1 is 0.962 bits per heavy atom. The molecule has 144 valence electrons. The third-order valence-electron chi connectivity index (χ3n) is 6.12. The minimum atomic E-state index is -4.64. The zero-order valence-electron chi connectivity index (χ0n) is 15.5. The molecule has 6 heteroatoms. The van der Waals surface area contributed by atoms with Crippen LogP contribution in [0.5, 0.6) is 0 Å². The van der Waals surface area contributed by atoms with Crippen molar-refractivity contribution in [2.75, 3.05) is 11.4 Å². The van der Waals surface area contributed by atoms with Crippen LogP contribution < -0.4 is 4.90 Å². The standard InChI is InChI=1S/C20H26F3NO2/c1-17(2,3)14-4-6-15(7-5-14)24-13-12-18(16(24)25)8-10-19(26,11-9-18)20(21,22)23/h4-7,26H,8-13H2,1-3H3. The molecule has 1 N–H and O–H groups in total. The van der Waals surface area contributed by atoms with Crippen molar-refractivity contribution in [2.45, 2.75) is 70.1 Å². The summed E-state index contributed by atoms with van der Waals surface area (Å²) in [7, 11) is 0. The van der Waals surface area contributed by atoms with E-state index >= 15 is 0 Å². The number of nitrogens with zero attached hydrogens (tertiary/aromatic N) is 1. The van der Waals surface area contributed by atoms with Crippen LogP contribution in [0.15, 0.2) is 24.3 Å². The molecule has 1 spiro atoms. The van der Waals surface area contributed by atoms with Crippen molar-refractivity contribution >= 4 is 11.6 Å². The van der Waals surface area contributed by atoms with Gasteiger partial charge in [-0.1, -0.05) is 32.9 Å². The second kappa shape index (κ2) is 5.98. The monoisotopic (exact) mass is 369 g/mol. The number of benzene rings is 1. The maximum absolute atomic E-state index is 13.0. The summed E-state index contributed by atoms with van der Waals surface area (Å²) in [4.78, 5) is 14.7. The molecule has 0 bridgehead atoms. The Morgan fingerprint density at radius 3 is 1.96 bits per heavy atom. The molecule has 0 unspecified atom stereocenters. The van der Waals surface area contributed by atoms with Gasteiger partial charge in [-0.15, -0.1) is 0 Å². The van der Waals surface area contributed by atoms with Crippen LogP contribution in [-0.2, 0) is 10.2 Å². The Kier molecular flexibility index (Phi) is 4.42.